The van der Waals surface area contributed by atoms with Gasteiger partial charge in [-0.3, -0.25) is 4.79 Å². The van der Waals surface area contributed by atoms with E-state index in [1.807, 2.05) is 78.9 Å². The summed E-state index contributed by atoms with van der Waals surface area (Å²) in [6, 6.07) is 28.1. The number of carbonyl (C=O) groups is 1. The molecule has 0 atom stereocenters. The van der Waals surface area contributed by atoms with E-state index in [4.69, 9.17) is 0 Å². The predicted octanol–water partition coefficient (Wildman–Crippen LogP) is 6.63. The van der Waals surface area contributed by atoms with Gasteiger partial charge in [0.2, 0.25) is 5.91 Å². The van der Waals surface area contributed by atoms with Crippen LogP contribution in [0.25, 0.3) is 10.9 Å². The minimum Gasteiger partial charge on any atom is -0.358 e. The maximum Gasteiger partial charge on any atom is 0.236 e. The van der Waals surface area contributed by atoms with Crippen LogP contribution in [0, 0.1) is 0 Å². The van der Waals surface area contributed by atoms with E-state index in [1.165, 1.54) is 5.69 Å². The Morgan fingerprint density at radius 2 is 1.50 bits per heavy atom. The summed E-state index contributed by atoms with van der Waals surface area (Å²) >= 11 is 0. The average Bonchev–Trinajstić information content (AvgIpc) is 3.20. The first-order chi connectivity index (χ1) is 14.5. The minimum absolute atomic E-state index is 0.0311. The Kier molecular flexibility index (Phi) is 5.45. The standard InChI is InChI=1S/C27H28N2O/c1-4-27(2,3)24-18-21-17-22(15-16-23(21)29-24)28-26(30)25(19-11-7-5-8-12-19)20-13-9-6-10-14-20/h5-18,25,29H,4H2,1-3H3,(H,28,30). The molecule has 0 aliphatic carbocycles. The van der Waals surface area contributed by atoms with Gasteiger partial charge in [-0.25, -0.2) is 0 Å². The Balaban J connectivity index is 1.65. The van der Waals surface area contributed by atoms with E-state index in [1.54, 1.807) is 0 Å². The topological polar surface area (TPSA) is 44.9 Å². The molecule has 0 spiro atoms. The molecule has 0 radical (unpaired) electrons. The summed E-state index contributed by atoms with van der Waals surface area (Å²) < 4.78 is 0. The van der Waals surface area contributed by atoms with E-state index in [0.717, 1.165) is 34.1 Å². The highest BCUT2D eigenvalue weighted by Gasteiger charge is 2.23. The van der Waals surface area contributed by atoms with Crippen molar-refractivity contribution in [3.63, 3.8) is 0 Å². The molecule has 152 valence electrons. The van der Waals surface area contributed by atoms with Crippen molar-refractivity contribution in [3.8, 4) is 0 Å². The number of carbonyl (C=O) groups excluding carboxylic acids is 1. The molecule has 0 saturated heterocycles. The molecule has 0 fully saturated rings. The molecule has 1 heterocycles. The lowest BCUT2D eigenvalue weighted by Crippen LogP contribution is -2.22. The van der Waals surface area contributed by atoms with Crippen LogP contribution in [0.5, 0.6) is 0 Å². The number of rotatable bonds is 6. The highest BCUT2D eigenvalue weighted by atomic mass is 16.1. The van der Waals surface area contributed by atoms with Gasteiger partial charge in [0.05, 0.1) is 5.92 Å². The lowest BCUT2D eigenvalue weighted by atomic mass is 9.86. The first kappa shape index (κ1) is 20.0. The van der Waals surface area contributed by atoms with Gasteiger partial charge in [0.15, 0.2) is 0 Å². The first-order valence-electron chi connectivity index (χ1n) is 10.5. The summed E-state index contributed by atoms with van der Waals surface area (Å²) in [4.78, 5) is 16.9. The smallest absolute Gasteiger partial charge is 0.236 e. The van der Waals surface area contributed by atoms with Crippen molar-refractivity contribution >= 4 is 22.5 Å². The molecule has 3 aromatic carbocycles. The number of fused-ring (bicyclic) bond motifs is 1. The molecule has 3 heteroatoms. The maximum atomic E-state index is 13.3. The van der Waals surface area contributed by atoms with Gasteiger partial charge in [0, 0.05) is 27.7 Å². The molecule has 4 rings (SSSR count). The van der Waals surface area contributed by atoms with Gasteiger partial charge >= 0.3 is 0 Å². The van der Waals surface area contributed by atoms with Gasteiger partial charge in [-0.05, 0) is 41.8 Å². The quantitative estimate of drug-likeness (QED) is 0.378. The van der Waals surface area contributed by atoms with Gasteiger partial charge in [0.25, 0.3) is 0 Å². The lowest BCUT2D eigenvalue weighted by molar-refractivity contribution is -0.116. The zero-order valence-corrected chi connectivity index (χ0v) is 17.8. The normalized spacial score (nSPS) is 11.7. The number of aromatic amines is 1. The molecule has 0 aliphatic heterocycles. The number of amides is 1. The number of hydrogen-bond acceptors (Lipinski definition) is 1. The second-order valence-corrected chi connectivity index (χ2v) is 8.47. The monoisotopic (exact) mass is 396 g/mol. The lowest BCUT2D eigenvalue weighted by Gasteiger charge is -2.20. The molecule has 0 aliphatic rings. The fourth-order valence-corrected chi connectivity index (χ4v) is 3.77. The Labute approximate surface area is 178 Å². The van der Waals surface area contributed by atoms with Crippen molar-refractivity contribution in [1.29, 1.82) is 0 Å². The fourth-order valence-electron chi connectivity index (χ4n) is 3.77. The van der Waals surface area contributed by atoms with Crippen LogP contribution < -0.4 is 5.32 Å². The minimum atomic E-state index is -0.357. The van der Waals surface area contributed by atoms with Crippen LogP contribution in [0.15, 0.2) is 84.9 Å². The van der Waals surface area contributed by atoms with E-state index in [-0.39, 0.29) is 17.2 Å². The van der Waals surface area contributed by atoms with Crippen LogP contribution in [0.3, 0.4) is 0 Å². The molecule has 1 aromatic heterocycles. The molecular formula is C27H28N2O. The van der Waals surface area contributed by atoms with E-state index in [9.17, 15) is 4.79 Å². The van der Waals surface area contributed by atoms with Gasteiger partial charge < -0.3 is 10.3 Å². The molecular weight excluding hydrogens is 368 g/mol. The number of nitrogens with one attached hydrogen (secondary N) is 2. The zero-order valence-electron chi connectivity index (χ0n) is 17.8. The van der Waals surface area contributed by atoms with Crippen molar-refractivity contribution in [2.24, 2.45) is 0 Å². The third-order valence-corrected chi connectivity index (χ3v) is 6.03. The van der Waals surface area contributed by atoms with Crippen LogP contribution in [0.2, 0.25) is 0 Å². The second kappa shape index (κ2) is 8.19. The van der Waals surface area contributed by atoms with E-state index in [0.29, 0.717) is 0 Å². The van der Waals surface area contributed by atoms with Crippen molar-refractivity contribution < 1.29 is 4.79 Å². The molecule has 0 unspecified atom stereocenters. The van der Waals surface area contributed by atoms with Crippen LogP contribution in [0.1, 0.15) is 49.9 Å². The SMILES string of the molecule is CCC(C)(C)c1cc2cc(NC(=O)C(c3ccccc3)c3ccccc3)ccc2[nH]1. The molecule has 30 heavy (non-hydrogen) atoms. The number of H-pyrrole nitrogens is 1. The van der Waals surface area contributed by atoms with Crippen molar-refractivity contribution in [3.05, 3.63) is 102 Å². The second-order valence-electron chi connectivity index (χ2n) is 8.47. The van der Waals surface area contributed by atoms with Gasteiger partial charge in [0.1, 0.15) is 0 Å². The molecule has 1 amide bonds. The van der Waals surface area contributed by atoms with Crippen molar-refractivity contribution in [1.82, 2.24) is 4.98 Å². The summed E-state index contributed by atoms with van der Waals surface area (Å²) in [5.74, 6) is -0.389. The average molecular weight is 397 g/mol. The summed E-state index contributed by atoms with van der Waals surface area (Å²) in [6.45, 7) is 6.68. The molecule has 4 aromatic rings. The molecule has 0 bridgehead atoms. The van der Waals surface area contributed by atoms with Crippen LogP contribution in [-0.4, -0.2) is 10.9 Å². The Morgan fingerprint density at radius 3 is 2.07 bits per heavy atom. The van der Waals surface area contributed by atoms with Gasteiger partial charge in [-0.1, -0.05) is 81.4 Å². The number of aromatic nitrogens is 1. The summed E-state index contributed by atoms with van der Waals surface area (Å²) in [5.41, 5.74) is 5.17. The van der Waals surface area contributed by atoms with Crippen LogP contribution in [-0.2, 0) is 10.2 Å². The third-order valence-electron chi connectivity index (χ3n) is 6.03. The summed E-state index contributed by atoms with van der Waals surface area (Å²) in [5, 5.41) is 4.25. The molecule has 0 saturated carbocycles. The Bertz CT molecular complexity index is 1100. The van der Waals surface area contributed by atoms with E-state index < -0.39 is 0 Å². The fraction of sp³-hybridized carbons (Fsp3) is 0.222. The number of benzene rings is 3. The van der Waals surface area contributed by atoms with Crippen LogP contribution in [0.4, 0.5) is 5.69 Å². The highest BCUT2D eigenvalue weighted by molar-refractivity contribution is 5.99. The van der Waals surface area contributed by atoms with E-state index >= 15 is 0 Å². The Hall–Kier alpha value is -3.33. The molecule has 3 nitrogen and oxygen atoms in total. The Morgan fingerprint density at radius 1 is 0.900 bits per heavy atom. The highest BCUT2D eigenvalue weighted by Crippen LogP contribution is 2.31. The van der Waals surface area contributed by atoms with Gasteiger partial charge in [-0.15, -0.1) is 0 Å². The summed E-state index contributed by atoms with van der Waals surface area (Å²) in [7, 11) is 0. The van der Waals surface area contributed by atoms with Gasteiger partial charge in [-0.2, -0.15) is 0 Å². The first-order valence-corrected chi connectivity index (χ1v) is 10.5. The van der Waals surface area contributed by atoms with Crippen LogP contribution >= 0.6 is 0 Å². The number of anilines is 1. The van der Waals surface area contributed by atoms with Crippen molar-refractivity contribution in [2.45, 2.75) is 38.5 Å². The summed E-state index contributed by atoms with van der Waals surface area (Å²) in [6.07, 6.45) is 1.05. The van der Waals surface area contributed by atoms with Crippen molar-refractivity contribution in [2.75, 3.05) is 5.32 Å². The zero-order chi connectivity index (χ0) is 21.1. The van der Waals surface area contributed by atoms with E-state index in [2.05, 4.69) is 37.1 Å². The third kappa shape index (κ3) is 4.02. The number of hydrogen-bond donors (Lipinski definition) is 2. The largest absolute Gasteiger partial charge is 0.358 e. The predicted molar refractivity (Wildman–Crippen MR) is 125 cm³/mol. The molecule has 2 N–H and O–H groups in total. The maximum absolute atomic E-state index is 13.3.